The summed E-state index contributed by atoms with van der Waals surface area (Å²) in [7, 11) is 3.92. The van der Waals surface area contributed by atoms with Gasteiger partial charge in [-0.1, -0.05) is 17.7 Å². The summed E-state index contributed by atoms with van der Waals surface area (Å²) in [5.41, 5.74) is 3.76. The summed E-state index contributed by atoms with van der Waals surface area (Å²) >= 11 is 6.07. The van der Waals surface area contributed by atoms with Gasteiger partial charge in [0.15, 0.2) is 5.65 Å². The number of benzene rings is 1. The molecule has 1 aromatic carbocycles. The number of fused-ring (bicyclic) bond motifs is 1. The molecule has 102 valence electrons. The molecule has 5 heteroatoms. The zero-order valence-electron chi connectivity index (χ0n) is 11.6. The van der Waals surface area contributed by atoms with Crippen molar-refractivity contribution in [2.75, 3.05) is 19.0 Å². The molecule has 2 aromatic heterocycles. The predicted octanol–water partition coefficient (Wildman–Crippen LogP) is 3.65. The third-order valence-corrected chi connectivity index (χ3v) is 3.48. The molecule has 0 aliphatic rings. The van der Waals surface area contributed by atoms with Crippen molar-refractivity contribution >= 4 is 28.6 Å². The Morgan fingerprint density at radius 1 is 1.10 bits per heavy atom. The van der Waals surface area contributed by atoms with Gasteiger partial charge in [0.1, 0.15) is 11.6 Å². The second kappa shape index (κ2) is 4.80. The topological polar surface area (TPSA) is 44.8 Å². The Hall–Kier alpha value is -2.07. The fraction of sp³-hybridized carbons (Fsp3) is 0.200. The molecule has 2 heterocycles. The molecule has 0 aliphatic carbocycles. The van der Waals surface area contributed by atoms with Crippen molar-refractivity contribution < 1.29 is 0 Å². The van der Waals surface area contributed by atoms with Gasteiger partial charge in [0.2, 0.25) is 0 Å². The van der Waals surface area contributed by atoms with E-state index in [4.69, 9.17) is 11.6 Å². The van der Waals surface area contributed by atoms with Gasteiger partial charge in [-0.15, -0.1) is 0 Å². The van der Waals surface area contributed by atoms with E-state index in [1.807, 2.05) is 56.3 Å². The van der Waals surface area contributed by atoms with Crippen LogP contribution in [0.2, 0.25) is 5.02 Å². The van der Waals surface area contributed by atoms with Gasteiger partial charge in [-0.25, -0.2) is 9.97 Å². The van der Waals surface area contributed by atoms with Crippen LogP contribution < -0.4 is 4.90 Å². The van der Waals surface area contributed by atoms with Crippen LogP contribution in [-0.4, -0.2) is 29.0 Å². The number of hydrogen-bond acceptors (Lipinski definition) is 3. The van der Waals surface area contributed by atoms with E-state index in [9.17, 15) is 0 Å². The lowest BCUT2D eigenvalue weighted by atomic mass is 10.1. The molecule has 1 N–H and O–H groups in total. The van der Waals surface area contributed by atoms with Crippen LogP contribution in [0.5, 0.6) is 0 Å². The maximum Gasteiger partial charge on any atom is 0.180 e. The van der Waals surface area contributed by atoms with Gasteiger partial charge in [0.25, 0.3) is 0 Å². The number of anilines is 1. The molecule has 0 unspecified atom stereocenters. The molecule has 0 bridgehead atoms. The van der Waals surface area contributed by atoms with Crippen molar-refractivity contribution in [3.05, 3.63) is 40.9 Å². The molecule has 0 aliphatic heterocycles. The summed E-state index contributed by atoms with van der Waals surface area (Å²) < 4.78 is 0. The highest BCUT2D eigenvalue weighted by Gasteiger charge is 2.10. The third-order valence-electron chi connectivity index (χ3n) is 3.24. The normalized spacial score (nSPS) is 11.0. The molecule has 4 nitrogen and oxygen atoms in total. The molecule has 3 rings (SSSR count). The minimum atomic E-state index is 0.702. The molecule has 0 saturated heterocycles. The van der Waals surface area contributed by atoms with Gasteiger partial charge in [0, 0.05) is 24.7 Å². The van der Waals surface area contributed by atoms with E-state index >= 15 is 0 Å². The fourth-order valence-corrected chi connectivity index (χ4v) is 2.28. The lowest BCUT2D eigenvalue weighted by Crippen LogP contribution is -2.10. The largest absolute Gasteiger partial charge is 0.363 e. The van der Waals surface area contributed by atoms with Gasteiger partial charge in [0.05, 0.1) is 5.52 Å². The average molecular weight is 287 g/mol. The smallest absolute Gasteiger partial charge is 0.180 e. The SMILES string of the molecule is Cc1ccc(Cl)cc1-c1nc2nc(N(C)C)ccc2[nH]1. The van der Waals surface area contributed by atoms with Crippen LogP contribution >= 0.6 is 11.6 Å². The second-order valence-corrected chi connectivity index (χ2v) is 5.42. The van der Waals surface area contributed by atoms with Gasteiger partial charge < -0.3 is 9.88 Å². The van der Waals surface area contributed by atoms with Crippen molar-refractivity contribution in [3.8, 4) is 11.4 Å². The van der Waals surface area contributed by atoms with Gasteiger partial charge in [-0.2, -0.15) is 0 Å². The number of aryl methyl sites for hydroxylation is 1. The quantitative estimate of drug-likeness (QED) is 0.782. The van der Waals surface area contributed by atoms with Gasteiger partial charge in [-0.3, -0.25) is 0 Å². The molecule has 20 heavy (non-hydrogen) atoms. The van der Waals surface area contributed by atoms with Crippen LogP contribution in [0.3, 0.4) is 0 Å². The number of halogens is 1. The Bertz CT molecular complexity index is 777. The molecule has 0 spiro atoms. The molecule has 0 amide bonds. The van der Waals surface area contributed by atoms with E-state index in [-0.39, 0.29) is 0 Å². The van der Waals surface area contributed by atoms with E-state index in [0.29, 0.717) is 10.7 Å². The van der Waals surface area contributed by atoms with Crippen molar-refractivity contribution in [3.63, 3.8) is 0 Å². The van der Waals surface area contributed by atoms with Crippen LogP contribution in [0.15, 0.2) is 30.3 Å². The van der Waals surface area contributed by atoms with Crippen molar-refractivity contribution in [1.29, 1.82) is 0 Å². The molecular weight excluding hydrogens is 272 g/mol. The summed E-state index contributed by atoms with van der Waals surface area (Å²) in [5, 5.41) is 0.702. The Kier molecular flexibility index (Phi) is 3.10. The first-order valence-corrected chi connectivity index (χ1v) is 6.73. The van der Waals surface area contributed by atoms with E-state index in [0.717, 1.165) is 28.3 Å². The van der Waals surface area contributed by atoms with E-state index < -0.39 is 0 Å². The number of hydrogen-bond donors (Lipinski definition) is 1. The molecule has 3 aromatic rings. The van der Waals surface area contributed by atoms with Gasteiger partial charge >= 0.3 is 0 Å². The highest BCUT2D eigenvalue weighted by Crippen LogP contribution is 2.26. The van der Waals surface area contributed by atoms with Crippen LogP contribution in [0.1, 0.15) is 5.56 Å². The summed E-state index contributed by atoms with van der Waals surface area (Å²) in [4.78, 5) is 14.4. The zero-order valence-corrected chi connectivity index (χ0v) is 12.4. The molecule has 0 saturated carbocycles. The van der Waals surface area contributed by atoms with E-state index in [1.54, 1.807) is 0 Å². The zero-order chi connectivity index (χ0) is 14.3. The molecule has 0 atom stereocenters. The molecule has 0 radical (unpaired) electrons. The lowest BCUT2D eigenvalue weighted by Gasteiger charge is -2.09. The fourth-order valence-electron chi connectivity index (χ4n) is 2.11. The van der Waals surface area contributed by atoms with Gasteiger partial charge in [-0.05, 0) is 36.8 Å². The third kappa shape index (κ3) is 2.23. The number of aromatic nitrogens is 3. The number of aromatic amines is 1. The lowest BCUT2D eigenvalue weighted by molar-refractivity contribution is 1.08. The first kappa shape index (κ1) is 12.9. The average Bonchev–Trinajstić information content (AvgIpc) is 2.83. The van der Waals surface area contributed by atoms with E-state index in [1.165, 1.54) is 0 Å². The minimum absolute atomic E-state index is 0.702. The Labute approximate surface area is 122 Å². The van der Waals surface area contributed by atoms with Crippen LogP contribution in [-0.2, 0) is 0 Å². The van der Waals surface area contributed by atoms with E-state index in [2.05, 4.69) is 15.0 Å². The monoisotopic (exact) mass is 286 g/mol. The van der Waals surface area contributed by atoms with Crippen molar-refractivity contribution in [1.82, 2.24) is 15.0 Å². The number of nitrogens with one attached hydrogen (secondary N) is 1. The predicted molar refractivity (Wildman–Crippen MR) is 83.4 cm³/mol. The van der Waals surface area contributed by atoms with Crippen LogP contribution in [0.4, 0.5) is 5.82 Å². The highest BCUT2D eigenvalue weighted by atomic mass is 35.5. The second-order valence-electron chi connectivity index (χ2n) is 4.98. The van der Waals surface area contributed by atoms with Crippen LogP contribution in [0.25, 0.3) is 22.6 Å². The first-order chi connectivity index (χ1) is 9.54. The number of pyridine rings is 1. The Balaban J connectivity index is 2.15. The molecule has 0 fully saturated rings. The maximum atomic E-state index is 6.07. The summed E-state index contributed by atoms with van der Waals surface area (Å²) in [5.74, 6) is 1.68. The Morgan fingerprint density at radius 3 is 2.65 bits per heavy atom. The number of imidazole rings is 1. The summed E-state index contributed by atoms with van der Waals surface area (Å²) in [6.45, 7) is 2.04. The van der Waals surface area contributed by atoms with Crippen molar-refractivity contribution in [2.45, 2.75) is 6.92 Å². The standard InChI is InChI=1S/C15H15ClN4/c1-9-4-5-10(16)8-11(9)14-17-12-6-7-13(20(2)3)18-15(12)19-14/h4-8H,1-3H3,(H,17,18,19). The summed E-state index contributed by atoms with van der Waals surface area (Å²) in [6.07, 6.45) is 0. The number of rotatable bonds is 2. The van der Waals surface area contributed by atoms with Crippen LogP contribution in [0, 0.1) is 6.92 Å². The van der Waals surface area contributed by atoms with Crippen molar-refractivity contribution in [2.24, 2.45) is 0 Å². The summed E-state index contributed by atoms with van der Waals surface area (Å²) in [6, 6.07) is 9.75. The number of H-pyrrole nitrogens is 1. The maximum absolute atomic E-state index is 6.07. The minimum Gasteiger partial charge on any atom is -0.363 e. The Morgan fingerprint density at radius 2 is 1.90 bits per heavy atom. The first-order valence-electron chi connectivity index (χ1n) is 6.35. The molecular formula is C15H15ClN4. The number of nitrogens with zero attached hydrogens (tertiary/aromatic N) is 3. The highest BCUT2D eigenvalue weighted by molar-refractivity contribution is 6.30.